The minimum atomic E-state index is -1.55. The molecule has 4 aliphatic carbocycles. The molecular weight excluding hydrogens is 584 g/mol. The third kappa shape index (κ3) is 6.10. The number of methoxy groups -OCH3 is 1. The van der Waals surface area contributed by atoms with Crippen molar-refractivity contribution in [3.05, 3.63) is 23.3 Å². The van der Waals surface area contributed by atoms with Crippen molar-refractivity contribution >= 4 is 17.9 Å². The van der Waals surface area contributed by atoms with Gasteiger partial charge in [-0.25, -0.2) is 0 Å². The van der Waals surface area contributed by atoms with Crippen molar-refractivity contribution in [3.63, 3.8) is 0 Å². The average Bonchev–Trinajstić information content (AvgIpc) is 3.15. The molecule has 2 fully saturated rings. The Morgan fingerprint density at radius 2 is 1.63 bits per heavy atom. The zero-order chi connectivity index (χ0) is 34.6. The van der Waals surface area contributed by atoms with Gasteiger partial charge in [0, 0.05) is 10.8 Å². The molecule has 0 aromatic heterocycles. The van der Waals surface area contributed by atoms with Crippen LogP contribution in [-0.4, -0.2) is 58.1 Å². The number of hydrogen-bond donors (Lipinski definition) is 3. The van der Waals surface area contributed by atoms with Crippen LogP contribution in [-0.2, 0) is 23.9 Å². The van der Waals surface area contributed by atoms with Crippen molar-refractivity contribution in [2.24, 2.45) is 45.3 Å². The van der Waals surface area contributed by atoms with Gasteiger partial charge in [0.1, 0.15) is 6.10 Å². The fourth-order valence-corrected chi connectivity index (χ4v) is 10.6. The van der Waals surface area contributed by atoms with Crippen molar-refractivity contribution in [2.75, 3.05) is 7.11 Å². The van der Waals surface area contributed by atoms with E-state index in [1.165, 1.54) is 25.2 Å². The van der Waals surface area contributed by atoms with Crippen molar-refractivity contribution < 1.29 is 39.2 Å². The van der Waals surface area contributed by atoms with E-state index in [1.807, 2.05) is 0 Å². The molecule has 0 radical (unpaired) electrons. The molecule has 9 atom stereocenters. The Morgan fingerprint density at radius 1 is 1.00 bits per heavy atom. The average molecular weight is 645 g/mol. The lowest BCUT2D eigenvalue weighted by Gasteiger charge is -2.62. The van der Waals surface area contributed by atoms with Crippen LogP contribution < -0.4 is 0 Å². The van der Waals surface area contributed by atoms with Gasteiger partial charge in [-0.1, -0.05) is 71.8 Å². The number of carboxylic acid groups (broad SMARTS) is 1. The Labute approximate surface area is 276 Å². The molecule has 0 aromatic carbocycles. The molecular formula is C38H60O8. The highest BCUT2D eigenvalue weighted by Crippen LogP contribution is 2.72. The van der Waals surface area contributed by atoms with Gasteiger partial charge in [0.25, 0.3) is 0 Å². The Bertz CT molecular complexity index is 1260. The molecule has 8 heteroatoms. The van der Waals surface area contributed by atoms with Gasteiger partial charge in [-0.05, 0) is 93.3 Å². The minimum Gasteiger partial charge on any atom is -0.481 e. The van der Waals surface area contributed by atoms with Gasteiger partial charge in [-0.2, -0.15) is 0 Å². The summed E-state index contributed by atoms with van der Waals surface area (Å²) >= 11 is 0. The van der Waals surface area contributed by atoms with Crippen LogP contribution in [0.3, 0.4) is 0 Å². The first-order valence-corrected chi connectivity index (χ1v) is 17.5. The first-order valence-electron chi connectivity index (χ1n) is 17.5. The number of fused-ring (bicyclic) bond motifs is 4. The molecule has 4 rings (SSSR count). The molecule has 46 heavy (non-hydrogen) atoms. The fraction of sp³-hybridized carbons (Fsp3) is 0.816. The van der Waals surface area contributed by atoms with Crippen LogP contribution in [0.15, 0.2) is 23.3 Å². The summed E-state index contributed by atoms with van der Waals surface area (Å²) in [4.78, 5) is 37.5. The topological polar surface area (TPSA) is 130 Å². The number of aliphatic hydroxyl groups excluding tert-OH is 1. The lowest BCUT2D eigenvalue weighted by molar-refractivity contribution is -0.175. The maximum atomic E-state index is 13.0. The normalized spacial score (nSPS) is 37.0. The predicted molar refractivity (Wildman–Crippen MR) is 177 cm³/mol. The smallest absolute Gasteiger partial charge is 0.309 e. The summed E-state index contributed by atoms with van der Waals surface area (Å²) < 4.78 is 10.7. The number of hydrogen-bond acceptors (Lipinski definition) is 7. The van der Waals surface area contributed by atoms with Gasteiger partial charge >= 0.3 is 17.9 Å². The molecule has 0 aromatic rings. The number of ether oxygens (including phenoxy) is 2. The summed E-state index contributed by atoms with van der Waals surface area (Å²) in [5.74, 6) is -1.95. The number of esters is 2. The van der Waals surface area contributed by atoms with E-state index < -0.39 is 40.9 Å². The third-order valence-corrected chi connectivity index (χ3v) is 13.8. The van der Waals surface area contributed by atoms with Gasteiger partial charge in [-0.3, -0.25) is 14.4 Å². The summed E-state index contributed by atoms with van der Waals surface area (Å²) in [6.07, 6.45) is 5.23. The summed E-state index contributed by atoms with van der Waals surface area (Å²) in [5.41, 5.74) is 1.02. The van der Waals surface area contributed by atoms with E-state index >= 15 is 0 Å². The van der Waals surface area contributed by atoms with Crippen LogP contribution in [0.4, 0.5) is 0 Å². The number of carboxylic acids is 1. The standard InChI is InChI=1S/C38H60O8/c1-22(2)23(3)11-12-24(33(42)43)27-19-29(39)38(9)26-13-14-28-34(4,5)30(46-32(41)21-35(6,44)20-31(40)45-10)16-17-36(28,7)25(26)15-18-37(27,38)8/h22,24,27-30,39,44H,3,11-21H2,1-2,4-10H3,(H,42,43)/t24-,27-,28+,29+,30-,35+,36-,37-,38-/m1/s1. The van der Waals surface area contributed by atoms with Crippen LogP contribution in [0.25, 0.3) is 0 Å². The maximum absolute atomic E-state index is 13.0. The molecule has 0 unspecified atom stereocenters. The van der Waals surface area contributed by atoms with Gasteiger partial charge in [-0.15, -0.1) is 0 Å². The molecule has 0 aliphatic heterocycles. The molecule has 2 saturated carbocycles. The molecule has 0 amide bonds. The van der Waals surface area contributed by atoms with Crippen molar-refractivity contribution in [1.29, 1.82) is 0 Å². The van der Waals surface area contributed by atoms with E-state index in [9.17, 15) is 29.7 Å². The van der Waals surface area contributed by atoms with E-state index in [-0.39, 0.29) is 47.0 Å². The highest BCUT2D eigenvalue weighted by atomic mass is 16.5. The number of aliphatic hydroxyl groups is 2. The van der Waals surface area contributed by atoms with Crippen molar-refractivity contribution in [3.8, 4) is 0 Å². The molecule has 0 saturated heterocycles. The monoisotopic (exact) mass is 644 g/mol. The van der Waals surface area contributed by atoms with E-state index in [2.05, 4.69) is 59.8 Å². The highest BCUT2D eigenvalue weighted by molar-refractivity contribution is 5.75. The Hall–Kier alpha value is -2.19. The van der Waals surface area contributed by atoms with Crippen LogP contribution in [0.5, 0.6) is 0 Å². The van der Waals surface area contributed by atoms with E-state index in [0.717, 1.165) is 37.7 Å². The third-order valence-electron chi connectivity index (χ3n) is 13.8. The van der Waals surface area contributed by atoms with Gasteiger partial charge < -0.3 is 24.8 Å². The zero-order valence-corrected chi connectivity index (χ0v) is 29.8. The first-order chi connectivity index (χ1) is 21.2. The molecule has 4 aliphatic rings. The zero-order valence-electron chi connectivity index (χ0n) is 29.8. The number of aliphatic carboxylic acids is 1. The van der Waals surface area contributed by atoms with E-state index in [1.54, 1.807) is 0 Å². The lowest BCUT2D eigenvalue weighted by Crippen LogP contribution is -2.57. The van der Waals surface area contributed by atoms with Crippen LogP contribution >= 0.6 is 0 Å². The quantitative estimate of drug-likeness (QED) is 0.162. The van der Waals surface area contributed by atoms with Crippen LogP contribution in [0.2, 0.25) is 0 Å². The largest absolute Gasteiger partial charge is 0.481 e. The van der Waals surface area contributed by atoms with Gasteiger partial charge in [0.2, 0.25) is 0 Å². The lowest BCUT2D eigenvalue weighted by atomic mass is 9.43. The van der Waals surface area contributed by atoms with Gasteiger partial charge in [0.15, 0.2) is 0 Å². The Kier molecular flexibility index (Phi) is 10.1. The summed E-state index contributed by atoms with van der Waals surface area (Å²) in [6.45, 7) is 21.0. The molecule has 3 N–H and O–H groups in total. The second-order valence-corrected chi connectivity index (χ2v) is 17.0. The molecule has 0 spiro atoms. The molecule has 260 valence electrons. The minimum absolute atomic E-state index is 0.118. The molecule has 0 heterocycles. The highest BCUT2D eigenvalue weighted by Gasteiger charge is 2.67. The van der Waals surface area contributed by atoms with Crippen molar-refractivity contribution in [1.82, 2.24) is 0 Å². The predicted octanol–water partition coefficient (Wildman–Crippen LogP) is 7.02. The summed E-state index contributed by atoms with van der Waals surface area (Å²) in [5, 5.41) is 33.0. The number of carbonyl (C=O) groups excluding carboxylic acids is 2. The maximum Gasteiger partial charge on any atom is 0.309 e. The van der Waals surface area contributed by atoms with Crippen LogP contribution in [0.1, 0.15) is 126 Å². The summed E-state index contributed by atoms with van der Waals surface area (Å²) in [6, 6.07) is 0. The summed E-state index contributed by atoms with van der Waals surface area (Å²) in [7, 11) is 1.25. The Morgan fingerprint density at radius 3 is 2.22 bits per heavy atom. The van der Waals surface area contributed by atoms with Gasteiger partial charge in [0.05, 0.1) is 37.6 Å². The first kappa shape index (κ1) is 36.6. The second-order valence-electron chi connectivity index (χ2n) is 17.0. The number of carbonyl (C=O) groups is 3. The second kappa shape index (κ2) is 12.7. The van der Waals surface area contributed by atoms with E-state index in [4.69, 9.17) is 4.74 Å². The van der Waals surface area contributed by atoms with E-state index in [0.29, 0.717) is 31.6 Å². The Balaban J connectivity index is 1.59. The molecule has 8 nitrogen and oxygen atoms in total. The number of allylic oxidation sites excluding steroid dienone is 2. The van der Waals surface area contributed by atoms with Crippen molar-refractivity contribution in [2.45, 2.75) is 144 Å². The van der Waals surface area contributed by atoms with Crippen LogP contribution in [0, 0.1) is 45.3 Å². The fourth-order valence-electron chi connectivity index (χ4n) is 10.6. The number of rotatable bonds is 11. The molecule has 0 bridgehead atoms. The SMILES string of the molecule is C=C(CC[C@@H](C(=O)O)[C@H]1C[C@H](O)[C@@]2(C)C3=C(CC[C@]12C)[C@@]1(C)CC[C@@H](OC(=O)C[C@@](C)(O)CC(=O)OC)C(C)(C)[C@@H]1CC3)C(C)C.